The fraction of sp³-hybridized carbons (Fsp3) is 0.303. The highest BCUT2D eigenvalue weighted by molar-refractivity contribution is 6.32. The minimum absolute atomic E-state index is 0.0541. The Labute approximate surface area is 729 Å². The fourth-order valence-corrected chi connectivity index (χ4v) is 15.3. The molecule has 4 aliphatic heterocycles. The average Bonchev–Trinajstić information content (AvgIpc) is 1.46. The lowest BCUT2D eigenvalue weighted by molar-refractivity contribution is 0.0383. The summed E-state index contributed by atoms with van der Waals surface area (Å²) in [5, 5.41) is 23.0. The average molecular weight is 1680 g/mol. The van der Waals surface area contributed by atoms with Crippen molar-refractivity contribution in [3.63, 3.8) is 0 Å². The van der Waals surface area contributed by atoms with E-state index in [0.717, 1.165) is 185 Å². The highest BCUT2D eigenvalue weighted by Gasteiger charge is 2.19. The van der Waals surface area contributed by atoms with Crippen molar-refractivity contribution in [1.29, 1.82) is 0 Å². The molecule has 0 saturated carbocycles. The molecule has 0 spiro atoms. The van der Waals surface area contributed by atoms with Gasteiger partial charge in [-0.25, -0.2) is 24.5 Å². The normalized spacial score (nSPS) is 14.1. The minimum atomic E-state index is -0.112. The molecule has 4 aliphatic rings. The molecule has 22 nitrogen and oxygen atoms in total. The summed E-state index contributed by atoms with van der Waals surface area (Å²) < 4.78 is 7.06. The standard InChI is InChI=1S/C26H28N4O.C25H25ClN4O2.C25H25ClN4O.C23H25N5O/c1-19-9-10-21(26(31)28-13-16-30-14-5-2-6-15-30)17-20(19)11-12-22-18-29-25(27)24-8-4-3-7-23(22)24;1-17-2-3-19(25(31)28-8-9-30-10-12-32-13-11-30)14-18(17)5-7-22-23-15-21(26)6-4-20(23)16-29-24(22)27;1-17-4-5-19(25(31)28-10-13-30-11-2-3-12-30)14-18(17)7-9-22-23-15-21(26)8-6-20(23)16-29-24(22)27;1-18-7-8-20(23(29)24-12-15-27-13-3-2-4-14-27)16-19(18)9-10-21-17-25-22-6-5-11-26-28(21)22/h3-4,7-10,17-18H,2,5-6,13-16H2,1H3,(H2,27,29)(H,28,31);2-4,6,14-16H,8-13H2,1H3,(H2,27,29)(H,28,31);4-6,8,14-16H,2-3,10-13H2,1H3,(H2,27,29)(H,28,31);5-8,11,16-17H,2-4,12-15H2,1H3,(H,24,29). The first kappa shape index (κ1) is 88.1. The smallest absolute Gasteiger partial charge is 0.251 e. The lowest BCUT2D eigenvalue weighted by Gasteiger charge is -2.26. The molecule has 5 aromatic heterocycles. The van der Waals surface area contributed by atoms with Crippen molar-refractivity contribution in [2.45, 2.75) is 79.1 Å². The predicted molar refractivity (Wildman–Crippen MR) is 493 cm³/mol. The maximum absolute atomic E-state index is 12.6. The van der Waals surface area contributed by atoms with Crippen LogP contribution in [-0.4, -0.2) is 191 Å². The number of benzene rings is 7. The number of carbonyl (C=O) groups is 4. The van der Waals surface area contributed by atoms with Gasteiger partial charge < -0.3 is 57.9 Å². The molecule has 0 unspecified atom stereocenters. The van der Waals surface area contributed by atoms with E-state index in [1.807, 2.05) is 173 Å². The quantitative estimate of drug-likeness (QED) is 0.0443. The van der Waals surface area contributed by atoms with E-state index in [1.54, 1.807) is 35.5 Å². The number of halogens is 2. The third-order valence-corrected chi connectivity index (χ3v) is 22.7. The van der Waals surface area contributed by atoms with Gasteiger partial charge in [0.2, 0.25) is 0 Å². The molecular formula is C99H103Cl2N17O5. The van der Waals surface area contributed by atoms with Gasteiger partial charge in [-0.05, 0) is 219 Å². The number of hydrogen-bond acceptors (Lipinski definition) is 17. The number of ether oxygens (including phenoxy) is 1. The molecule has 24 heteroatoms. The lowest BCUT2D eigenvalue weighted by atomic mass is 10.0. The number of anilines is 3. The molecule has 10 N–H and O–H groups in total. The second-order valence-electron chi connectivity index (χ2n) is 31.0. The number of hydrogen-bond donors (Lipinski definition) is 7. The van der Waals surface area contributed by atoms with Crippen LogP contribution < -0.4 is 38.5 Å². The summed E-state index contributed by atoms with van der Waals surface area (Å²) in [6.45, 7) is 24.1. The Kier molecular flexibility index (Phi) is 31.3. The van der Waals surface area contributed by atoms with Crippen LogP contribution in [0.25, 0.3) is 38.0 Å². The van der Waals surface area contributed by atoms with E-state index >= 15 is 0 Å². The fourth-order valence-electron chi connectivity index (χ4n) is 14.9. The summed E-state index contributed by atoms with van der Waals surface area (Å²) >= 11 is 12.3. The number of aromatic nitrogens is 6. The third-order valence-electron chi connectivity index (χ3n) is 22.2. The van der Waals surface area contributed by atoms with Crippen LogP contribution >= 0.6 is 23.2 Å². The van der Waals surface area contributed by atoms with Crippen LogP contribution in [0.15, 0.2) is 177 Å². The van der Waals surface area contributed by atoms with Gasteiger partial charge in [0, 0.05) is 177 Å². The number of imidazole rings is 1. The first-order chi connectivity index (χ1) is 59.8. The highest BCUT2D eigenvalue weighted by atomic mass is 35.5. The van der Waals surface area contributed by atoms with Crippen molar-refractivity contribution in [2.75, 3.05) is 135 Å². The Morgan fingerprint density at radius 1 is 0.374 bits per heavy atom. The van der Waals surface area contributed by atoms with Crippen LogP contribution in [0.2, 0.25) is 10.0 Å². The highest BCUT2D eigenvalue weighted by Crippen LogP contribution is 2.29. The minimum Gasteiger partial charge on any atom is -0.383 e. The number of fused-ring (bicyclic) bond motifs is 4. The number of amides is 4. The molecule has 12 aromatic rings. The SMILES string of the molecule is Cc1ccc(C(=O)NCCN2CCCC2)cc1C#Cc1c(N)ncc2ccc(Cl)cc12.Cc1ccc(C(=O)NCCN2CCCCC2)cc1C#Cc1cnc(N)c2ccccc12.Cc1ccc(C(=O)NCCN2CCCCC2)cc1C#Cc1cnc2cccnn12.Cc1ccc(C(=O)NCCN2CCOCC2)cc1C#Cc1c(N)ncc2ccc(Cl)cc12. The molecule has 9 heterocycles. The maximum Gasteiger partial charge on any atom is 0.251 e. The summed E-state index contributed by atoms with van der Waals surface area (Å²) in [6.07, 6.45) is 18.7. The Morgan fingerprint density at radius 2 is 0.748 bits per heavy atom. The van der Waals surface area contributed by atoms with Crippen LogP contribution in [0.3, 0.4) is 0 Å². The molecule has 0 aliphatic carbocycles. The van der Waals surface area contributed by atoms with E-state index in [1.165, 1.54) is 51.4 Å². The van der Waals surface area contributed by atoms with E-state index in [4.69, 9.17) is 45.1 Å². The van der Waals surface area contributed by atoms with Crippen LogP contribution in [0.4, 0.5) is 17.5 Å². The van der Waals surface area contributed by atoms with E-state index in [0.29, 0.717) is 87.1 Å². The number of rotatable bonds is 16. The Balaban J connectivity index is 0.000000141. The molecule has 16 rings (SSSR count). The number of likely N-dealkylation sites (tertiary alicyclic amines) is 3. The second kappa shape index (κ2) is 43.7. The number of aryl methyl sites for hydroxylation is 4. The van der Waals surface area contributed by atoms with Crippen molar-refractivity contribution in [2.24, 2.45) is 0 Å². The lowest BCUT2D eigenvalue weighted by Crippen LogP contribution is -2.41. The summed E-state index contributed by atoms with van der Waals surface area (Å²) in [4.78, 5) is 77.0. The number of pyridine rings is 3. The molecule has 628 valence electrons. The maximum atomic E-state index is 12.6. The van der Waals surface area contributed by atoms with E-state index < -0.39 is 0 Å². The van der Waals surface area contributed by atoms with Crippen molar-refractivity contribution < 1.29 is 23.9 Å². The molecular weight excluding hydrogens is 1580 g/mol. The van der Waals surface area contributed by atoms with Crippen LogP contribution in [0, 0.1) is 75.1 Å². The number of nitrogens with one attached hydrogen (secondary N) is 4. The van der Waals surface area contributed by atoms with Crippen molar-refractivity contribution >= 4 is 102 Å². The van der Waals surface area contributed by atoms with E-state index in [2.05, 4.69) is 113 Å². The molecule has 0 atom stereocenters. The summed E-state index contributed by atoms with van der Waals surface area (Å²) in [6, 6.07) is 45.1. The zero-order valence-electron chi connectivity index (χ0n) is 70.1. The van der Waals surface area contributed by atoms with E-state index in [9.17, 15) is 19.2 Å². The molecule has 123 heavy (non-hydrogen) atoms. The number of morpholine rings is 1. The van der Waals surface area contributed by atoms with Gasteiger partial charge >= 0.3 is 0 Å². The van der Waals surface area contributed by atoms with Gasteiger partial charge in [-0.15, -0.1) is 0 Å². The van der Waals surface area contributed by atoms with Gasteiger partial charge in [0.1, 0.15) is 23.1 Å². The number of nitrogens with two attached hydrogens (primary N) is 3. The number of nitrogens with zero attached hydrogens (tertiary/aromatic N) is 10. The number of nitrogen functional groups attached to an aromatic ring is 3. The van der Waals surface area contributed by atoms with Gasteiger partial charge in [0.25, 0.3) is 23.6 Å². The molecule has 7 aromatic carbocycles. The van der Waals surface area contributed by atoms with Gasteiger partial charge in [-0.2, -0.15) is 5.10 Å². The first-order valence-electron chi connectivity index (χ1n) is 42.0. The summed E-state index contributed by atoms with van der Waals surface area (Å²) in [7, 11) is 0. The Bertz CT molecular complexity index is 6090. The van der Waals surface area contributed by atoms with Gasteiger partial charge in [0.05, 0.1) is 36.1 Å². The topological polar surface area (TPSA) is 286 Å². The zero-order chi connectivity index (χ0) is 86.0. The first-order valence-corrected chi connectivity index (χ1v) is 42.8. The summed E-state index contributed by atoms with van der Waals surface area (Å²) in [5.74, 6) is 26.3. The van der Waals surface area contributed by atoms with Crippen LogP contribution in [0.1, 0.15) is 160 Å². The van der Waals surface area contributed by atoms with Crippen LogP contribution in [-0.2, 0) is 4.74 Å². The molecule has 0 radical (unpaired) electrons. The largest absolute Gasteiger partial charge is 0.383 e. The van der Waals surface area contributed by atoms with Crippen molar-refractivity contribution in [1.82, 2.24) is 70.4 Å². The monoisotopic (exact) mass is 1680 g/mol. The van der Waals surface area contributed by atoms with Gasteiger partial charge in [0.15, 0.2) is 5.65 Å². The Hall–Kier alpha value is -12.7. The number of piperidine rings is 2. The molecule has 4 fully saturated rings. The molecule has 4 saturated heterocycles. The molecule has 4 amide bonds. The predicted octanol–water partition coefficient (Wildman–Crippen LogP) is 13.6. The van der Waals surface area contributed by atoms with Gasteiger partial charge in [-0.3, -0.25) is 24.1 Å². The second-order valence-corrected chi connectivity index (χ2v) is 31.9. The van der Waals surface area contributed by atoms with Gasteiger partial charge in [-0.1, -0.05) is 138 Å². The van der Waals surface area contributed by atoms with Crippen molar-refractivity contribution in [3.05, 3.63) is 276 Å². The van der Waals surface area contributed by atoms with Crippen molar-refractivity contribution in [3.8, 4) is 47.4 Å². The number of carbonyl (C=O) groups excluding carboxylic acids is 4. The third kappa shape index (κ3) is 24.6. The molecule has 0 bridgehead atoms. The van der Waals surface area contributed by atoms with Crippen LogP contribution in [0.5, 0.6) is 0 Å². The Morgan fingerprint density at radius 3 is 1.18 bits per heavy atom. The zero-order valence-corrected chi connectivity index (χ0v) is 71.6. The summed E-state index contributed by atoms with van der Waals surface area (Å²) in [5.41, 5.74) is 31.5. The van der Waals surface area contributed by atoms with E-state index in [-0.39, 0.29) is 23.6 Å².